The van der Waals surface area contributed by atoms with Gasteiger partial charge in [0.05, 0.1) is 0 Å². The Bertz CT molecular complexity index is 582. The van der Waals surface area contributed by atoms with Gasteiger partial charge in [-0.25, -0.2) is 0 Å². The first kappa shape index (κ1) is 12.7. The fraction of sp³-hybridized carbons (Fsp3) is 0.529. The van der Waals surface area contributed by atoms with Crippen LogP contribution in [0.1, 0.15) is 42.4 Å². The highest BCUT2D eigenvalue weighted by Gasteiger charge is 2.23. The van der Waals surface area contributed by atoms with Crippen LogP contribution in [-0.4, -0.2) is 11.0 Å². The minimum atomic E-state index is 0.392. The van der Waals surface area contributed by atoms with Crippen LogP contribution in [0.3, 0.4) is 0 Å². The lowest BCUT2D eigenvalue weighted by atomic mass is 9.81. The topological polar surface area (TPSA) is 41.8 Å². The van der Waals surface area contributed by atoms with Crippen molar-refractivity contribution in [2.45, 2.75) is 52.0 Å². The van der Waals surface area contributed by atoms with E-state index in [1.807, 2.05) is 0 Å². The second-order valence-electron chi connectivity index (χ2n) is 6.18. The average Bonchev–Trinajstić information content (AvgIpc) is 2.82. The van der Waals surface area contributed by atoms with E-state index in [9.17, 15) is 0 Å². The van der Waals surface area contributed by atoms with E-state index in [-0.39, 0.29) is 0 Å². The van der Waals surface area contributed by atoms with Crippen molar-refractivity contribution in [2.75, 3.05) is 0 Å². The Hall–Kier alpha value is -1.28. The van der Waals surface area contributed by atoms with E-state index < -0.39 is 0 Å². The maximum atomic E-state index is 6.30. The van der Waals surface area contributed by atoms with Crippen molar-refractivity contribution in [3.8, 4) is 0 Å². The third kappa shape index (κ3) is 2.30. The fourth-order valence-corrected chi connectivity index (χ4v) is 3.58. The van der Waals surface area contributed by atoms with E-state index in [2.05, 4.69) is 37.2 Å². The molecule has 0 amide bonds. The number of aryl methyl sites for hydroxylation is 2. The molecule has 1 fully saturated rings. The molecule has 3 rings (SSSR count). The van der Waals surface area contributed by atoms with Gasteiger partial charge < -0.3 is 10.7 Å². The van der Waals surface area contributed by atoms with E-state index in [0.717, 1.165) is 6.42 Å². The van der Waals surface area contributed by atoms with Crippen LogP contribution in [0.25, 0.3) is 10.9 Å². The Morgan fingerprint density at radius 1 is 1.16 bits per heavy atom. The highest BCUT2D eigenvalue weighted by atomic mass is 14.7. The van der Waals surface area contributed by atoms with Gasteiger partial charge in [-0.05, 0) is 55.7 Å². The zero-order chi connectivity index (χ0) is 13.4. The lowest BCUT2D eigenvalue weighted by molar-refractivity contribution is 0.307. The highest BCUT2D eigenvalue weighted by molar-refractivity contribution is 5.88. The summed E-state index contributed by atoms with van der Waals surface area (Å²) in [4.78, 5) is 3.46. The molecule has 1 saturated carbocycles. The summed E-state index contributed by atoms with van der Waals surface area (Å²) >= 11 is 0. The second kappa shape index (κ2) is 5.01. The molecule has 1 aromatic heterocycles. The van der Waals surface area contributed by atoms with Crippen LogP contribution in [0.4, 0.5) is 0 Å². The molecular weight excluding hydrogens is 232 g/mol. The monoisotopic (exact) mass is 256 g/mol. The molecule has 1 aromatic carbocycles. The minimum Gasteiger partial charge on any atom is -0.361 e. The van der Waals surface area contributed by atoms with Gasteiger partial charge in [-0.3, -0.25) is 0 Å². The lowest BCUT2D eigenvalue weighted by Crippen LogP contribution is -2.34. The number of H-pyrrole nitrogens is 1. The molecule has 0 spiro atoms. The van der Waals surface area contributed by atoms with Crippen molar-refractivity contribution in [2.24, 2.45) is 11.7 Å². The highest BCUT2D eigenvalue weighted by Crippen LogP contribution is 2.31. The lowest BCUT2D eigenvalue weighted by Gasteiger charge is -2.28. The third-order valence-corrected chi connectivity index (χ3v) is 4.78. The molecule has 2 nitrogen and oxygen atoms in total. The predicted octanol–water partition coefficient (Wildman–Crippen LogP) is 3.84. The quantitative estimate of drug-likeness (QED) is 0.842. The van der Waals surface area contributed by atoms with Gasteiger partial charge in [0.25, 0.3) is 0 Å². The Balaban J connectivity index is 1.95. The van der Waals surface area contributed by atoms with Crippen molar-refractivity contribution in [3.63, 3.8) is 0 Å². The smallest absolute Gasteiger partial charge is 0.0489 e. The van der Waals surface area contributed by atoms with Crippen LogP contribution in [0.15, 0.2) is 18.3 Å². The van der Waals surface area contributed by atoms with Crippen molar-refractivity contribution >= 4 is 10.9 Å². The van der Waals surface area contributed by atoms with Gasteiger partial charge in [0.15, 0.2) is 0 Å². The van der Waals surface area contributed by atoms with Crippen LogP contribution in [0, 0.1) is 19.8 Å². The summed E-state index contributed by atoms with van der Waals surface area (Å²) in [7, 11) is 0. The first-order chi connectivity index (χ1) is 9.16. The second-order valence-corrected chi connectivity index (χ2v) is 6.18. The molecule has 2 unspecified atom stereocenters. The van der Waals surface area contributed by atoms with E-state index in [1.165, 1.54) is 53.3 Å². The standard InChI is InChI=1S/C17H24N2/c1-11-7-8-12(2)17-16(11)14(10-19-17)9-13-5-3-4-6-15(13)18/h7-8,10,13,15,19H,3-6,9,18H2,1-2H3. The molecule has 2 heteroatoms. The Kier molecular flexibility index (Phi) is 3.36. The summed E-state index contributed by atoms with van der Waals surface area (Å²) in [6.45, 7) is 4.38. The van der Waals surface area contributed by atoms with E-state index in [0.29, 0.717) is 12.0 Å². The number of aromatic nitrogens is 1. The summed E-state index contributed by atoms with van der Waals surface area (Å²) < 4.78 is 0. The third-order valence-electron chi connectivity index (χ3n) is 4.78. The number of fused-ring (bicyclic) bond motifs is 1. The Morgan fingerprint density at radius 2 is 1.89 bits per heavy atom. The predicted molar refractivity (Wildman–Crippen MR) is 81.4 cm³/mol. The number of hydrogen-bond acceptors (Lipinski definition) is 1. The van der Waals surface area contributed by atoms with Crippen molar-refractivity contribution in [1.82, 2.24) is 4.98 Å². The minimum absolute atomic E-state index is 0.392. The van der Waals surface area contributed by atoms with E-state index in [4.69, 9.17) is 5.73 Å². The van der Waals surface area contributed by atoms with Gasteiger partial charge in [-0.2, -0.15) is 0 Å². The van der Waals surface area contributed by atoms with Gasteiger partial charge in [0.2, 0.25) is 0 Å². The van der Waals surface area contributed by atoms with Crippen LogP contribution in [0.2, 0.25) is 0 Å². The molecule has 1 aliphatic carbocycles. The SMILES string of the molecule is Cc1ccc(C)c2c(CC3CCCCC3N)c[nH]c12. The molecule has 0 bridgehead atoms. The molecule has 2 aromatic rings. The molecule has 19 heavy (non-hydrogen) atoms. The molecule has 0 saturated heterocycles. The van der Waals surface area contributed by atoms with Gasteiger partial charge in [0.1, 0.15) is 0 Å². The molecule has 2 atom stereocenters. The van der Waals surface area contributed by atoms with Crippen LogP contribution >= 0.6 is 0 Å². The molecule has 0 aliphatic heterocycles. The maximum Gasteiger partial charge on any atom is 0.0489 e. The number of nitrogens with one attached hydrogen (secondary N) is 1. The van der Waals surface area contributed by atoms with E-state index in [1.54, 1.807) is 0 Å². The molecule has 0 radical (unpaired) electrons. The Morgan fingerprint density at radius 3 is 2.68 bits per heavy atom. The fourth-order valence-electron chi connectivity index (χ4n) is 3.58. The van der Waals surface area contributed by atoms with Gasteiger partial charge >= 0.3 is 0 Å². The van der Waals surface area contributed by atoms with Crippen molar-refractivity contribution in [1.29, 1.82) is 0 Å². The summed E-state index contributed by atoms with van der Waals surface area (Å²) in [5.41, 5.74) is 11.8. The molecule has 1 aliphatic rings. The maximum absolute atomic E-state index is 6.30. The number of hydrogen-bond donors (Lipinski definition) is 2. The molecule has 3 N–H and O–H groups in total. The van der Waals surface area contributed by atoms with Crippen molar-refractivity contribution < 1.29 is 0 Å². The zero-order valence-electron chi connectivity index (χ0n) is 12.0. The number of benzene rings is 1. The first-order valence-corrected chi connectivity index (χ1v) is 7.48. The number of rotatable bonds is 2. The summed E-state index contributed by atoms with van der Waals surface area (Å²) in [6.07, 6.45) is 8.48. The first-order valence-electron chi connectivity index (χ1n) is 7.48. The van der Waals surface area contributed by atoms with Crippen LogP contribution in [-0.2, 0) is 6.42 Å². The Labute approximate surface area is 115 Å². The zero-order valence-corrected chi connectivity index (χ0v) is 12.0. The summed E-state index contributed by atoms with van der Waals surface area (Å²) in [5.74, 6) is 0.660. The summed E-state index contributed by atoms with van der Waals surface area (Å²) in [6, 6.07) is 4.82. The van der Waals surface area contributed by atoms with Crippen LogP contribution < -0.4 is 5.73 Å². The number of aromatic amines is 1. The normalized spacial score (nSPS) is 23.9. The summed E-state index contributed by atoms with van der Waals surface area (Å²) in [5, 5.41) is 1.43. The van der Waals surface area contributed by atoms with E-state index >= 15 is 0 Å². The molecule has 102 valence electrons. The molecular formula is C17H24N2. The van der Waals surface area contributed by atoms with Crippen molar-refractivity contribution in [3.05, 3.63) is 35.0 Å². The molecule has 1 heterocycles. The number of nitrogens with two attached hydrogens (primary N) is 1. The average molecular weight is 256 g/mol. The van der Waals surface area contributed by atoms with Gasteiger partial charge in [-0.15, -0.1) is 0 Å². The van der Waals surface area contributed by atoms with Gasteiger partial charge in [0, 0.05) is 23.1 Å². The van der Waals surface area contributed by atoms with Crippen LogP contribution in [0.5, 0.6) is 0 Å². The van der Waals surface area contributed by atoms with Gasteiger partial charge in [-0.1, -0.05) is 25.0 Å². The largest absolute Gasteiger partial charge is 0.361 e.